The largest absolute Gasteiger partial charge is 0.475 e. The number of furan rings is 1. The van der Waals surface area contributed by atoms with Gasteiger partial charge in [0.25, 0.3) is 0 Å². The highest BCUT2D eigenvalue weighted by molar-refractivity contribution is 7.90. The molecular formula is C13H10ClFO5S. The Morgan fingerprint density at radius 1 is 1.38 bits per heavy atom. The van der Waals surface area contributed by atoms with Gasteiger partial charge in [0.2, 0.25) is 5.76 Å². The predicted octanol–water partition coefficient (Wildman–Crippen LogP) is 3.05. The van der Waals surface area contributed by atoms with Gasteiger partial charge in [-0.3, -0.25) is 0 Å². The Morgan fingerprint density at radius 3 is 2.57 bits per heavy atom. The van der Waals surface area contributed by atoms with Crippen molar-refractivity contribution in [1.29, 1.82) is 0 Å². The first-order chi connectivity index (χ1) is 9.70. The molecule has 0 aliphatic rings. The van der Waals surface area contributed by atoms with Gasteiger partial charge in [0.15, 0.2) is 9.84 Å². The van der Waals surface area contributed by atoms with Crippen LogP contribution < -0.4 is 0 Å². The van der Waals surface area contributed by atoms with E-state index in [9.17, 15) is 17.6 Å². The fraction of sp³-hybridized carbons (Fsp3) is 0.154. The molecule has 112 valence electrons. The summed E-state index contributed by atoms with van der Waals surface area (Å²) in [5.74, 6) is -2.61. The van der Waals surface area contributed by atoms with E-state index in [2.05, 4.69) is 0 Å². The molecule has 0 saturated heterocycles. The van der Waals surface area contributed by atoms with E-state index in [1.165, 1.54) is 6.92 Å². The summed E-state index contributed by atoms with van der Waals surface area (Å²) in [5, 5.41) is 8.50. The molecule has 0 fully saturated rings. The van der Waals surface area contributed by atoms with Crippen LogP contribution in [-0.4, -0.2) is 19.5 Å². The van der Waals surface area contributed by atoms with Crippen molar-refractivity contribution in [3.63, 3.8) is 0 Å². The number of aromatic carboxylic acids is 1. The average molecular weight is 333 g/mol. The molecule has 1 heterocycles. The number of benzene rings is 1. The molecule has 21 heavy (non-hydrogen) atoms. The second kappa shape index (κ2) is 5.50. The van der Waals surface area contributed by atoms with Crippen molar-refractivity contribution in [2.45, 2.75) is 17.6 Å². The monoisotopic (exact) mass is 332 g/mol. The van der Waals surface area contributed by atoms with Gasteiger partial charge < -0.3 is 9.52 Å². The fourth-order valence-electron chi connectivity index (χ4n) is 1.73. The quantitative estimate of drug-likeness (QED) is 0.870. The highest BCUT2D eigenvalue weighted by Gasteiger charge is 2.21. The average Bonchev–Trinajstić information content (AvgIpc) is 2.74. The van der Waals surface area contributed by atoms with Gasteiger partial charge in [-0.25, -0.2) is 17.6 Å². The predicted molar refractivity (Wildman–Crippen MR) is 72.7 cm³/mol. The molecule has 8 heteroatoms. The lowest BCUT2D eigenvalue weighted by Gasteiger charge is -2.04. The molecule has 0 unspecified atom stereocenters. The maximum atomic E-state index is 13.1. The standard InChI is InChI=1S/C13H10ClFO5S/c1-7-8(4-12(20-7)13(16)17)6-21(18,19)9-2-3-11(15)10(14)5-9/h2-5H,6H2,1H3,(H,16,17). The minimum Gasteiger partial charge on any atom is -0.475 e. The third-order valence-electron chi connectivity index (χ3n) is 2.83. The van der Waals surface area contributed by atoms with Crippen molar-refractivity contribution in [2.75, 3.05) is 0 Å². The van der Waals surface area contributed by atoms with Crippen LogP contribution in [0.1, 0.15) is 21.9 Å². The zero-order valence-electron chi connectivity index (χ0n) is 10.8. The molecule has 2 aromatic rings. The molecular weight excluding hydrogens is 323 g/mol. The molecule has 0 bridgehead atoms. The lowest BCUT2D eigenvalue weighted by atomic mass is 10.3. The van der Waals surface area contributed by atoms with E-state index >= 15 is 0 Å². The maximum Gasteiger partial charge on any atom is 0.371 e. The van der Waals surface area contributed by atoms with Gasteiger partial charge >= 0.3 is 5.97 Å². The van der Waals surface area contributed by atoms with Crippen LogP contribution in [0.4, 0.5) is 4.39 Å². The molecule has 0 spiro atoms. The molecule has 1 aromatic heterocycles. The Labute approximate surface area is 124 Å². The van der Waals surface area contributed by atoms with Crippen LogP contribution >= 0.6 is 11.6 Å². The second-order valence-electron chi connectivity index (χ2n) is 4.33. The molecule has 1 aromatic carbocycles. The van der Waals surface area contributed by atoms with E-state index in [0.717, 1.165) is 24.3 Å². The number of rotatable bonds is 4. The van der Waals surface area contributed by atoms with Gasteiger partial charge in [-0.05, 0) is 31.2 Å². The number of carboxylic acid groups (broad SMARTS) is 1. The topological polar surface area (TPSA) is 84.6 Å². The van der Waals surface area contributed by atoms with Crippen LogP contribution in [0.3, 0.4) is 0 Å². The Kier molecular flexibility index (Phi) is 4.06. The minimum absolute atomic E-state index is 0.147. The summed E-state index contributed by atoms with van der Waals surface area (Å²) in [7, 11) is -3.79. The van der Waals surface area contributed by atoms with Crippen molar-refractivity contribution in [3.05, 3.63) is 52.2 Å². The van der Waals surface area contributed by atoms with Gasteiger partial charge in [-0.1, -0.05) is 11.6 Å². The first-order valence-corrected chi connectivity index (χ1v) is 7.74. The SMILES string of the molecule is Cc1oc(C(=O)O)cc1CS(=O)(=O)c1ccc(F)c(Cl)c1. The summed E-state index contributed by atoms with van der Waals surface area (Å²) in [6, 6.07) is 4.23. The lowest BCUT2D eigenvalue weighted by molar-refractivity contribution is 0.0661. The smallest absolute Gasteiger partial charge is 0.371 e. The van der Waals surface area contributed by atoms with Gasteiger partial charge in [0.1, 0.15) is 11.6 Å². The Balaban J connectivity index is 2.37. The van der Waals surface area contributed by atoms with Gasteiger partial charge in [-0.15, -0.1) is 0 Å². The normalized spacial score (nSPS) is 11.6. The van der Waals surface area contributed by atoms with Crippen LogP contribution in [0.5, 0.6) is 0 Å². The molecule has 5 nitrogen and oxygen atoms in total. The van der Waals surface area contributed by atoms with Crippen molar-refractivity contribution in [2.24, 2.45) is 0 Å². The van der Waals surface area contributed by atoms with E-state index in [-0.39, 0.29) is 27.0 Å². The van der Waals surface area contributed by atoms with E-state index in [1.807, 2.05) is 0 Å². The maximum absolute atomic E-state index is 13.1. The number of carbonyl (C=O) groups is 1. The van der Waals surface area contributed by atoms with Crippen molar-refractivity contribution >= 4 is 27.4 Å². The lowest BCUT2D eigenvalue weighted by Crippen LogP contribution is -2.05. The third-order valence-corrected chi connectivity index (χ3v) is 4.78. The van der Waals surface area contributed by atoms with E-state index in [1.54, 1.807) is 0 Å². The Bertz CT molecular complexity index is 810. The van der Waals surface area contributed by atoms with Crippen LogP contribution in [0, 0.1) is 12.7 Å². The molecule has 0 saturated carbocycles. The molecule has 0 amide bonds. The number of halogens is 2. The van der Waals surface area contributed by atoms with E-state index in [4.69, 9.17) is 21.1 Å². The number of sulfone groups is 1. The zero-order chi connectivity index (χ0) is 15.8. The van der Waals surface area contributed by atoms with E-state index in [0.29, 0.717) is 0 Å². The third kappa shape index (κ3) is 3.25. The van der Waals surface area contributed by atoms with Crippen LogP contribution in [0.25, 0.3) is 0 Å². The van der Waals surface area contributed by atoms with Crippen molar-refractivity contribution < 1.29 is 27.1 Å². The molecule has 2 rings (SSSR count). The molecule has 1 N–H and O–H groups in total. The fourth-order valence-corrected chi connectivity index (χ4v) is 3.41. The second-order valence-corrected chi connectivity index (χ2v) is 6.73. The minimum atomic E-state index is -3.79. The van der Waals surface area contributed by atoms with Gasteiger partial charge in [0.05, 0.1) is 15.7 Å². The summed E-state index contributed by atoms with van der Waals surface area (Å²) in [6.45, 7) is 1.47. The number of carboxylic acids is 1. The van der Waals surface area contributed by atoms with Gasteiger partial charge in [0, 0.05) is 5.56 Å². The Hall–Kier alpha value is -1.86. The molecule has 0 aliphatic carbocycles. The van der Waals surface area contributed by atoms with Crippen LogP contribution in [-0.2, 0) is 15.6 Å². The summed E-state index contributed by atoms with van der Waals surface area (Å²) in [4.78, 5) is 10.6. The van der Waals surface area contributed by atoms with Crippen LogP contribution in [0.15, 0.2) is 33.6 Å². The summed E-state index contributed by atoms with van der Waals surface area (Å²) in [6.07, 6.45) is 0. The first kappa shape index (κ1) is 15.5. The molecule has 0 aliphatic heterocycles. The zero-order valence-corrected chi connectivity index (χ0v) is 12.3. The van der Waals surface area contributed by atoms with Crippen LogP contribution in [0.2, 0.25) is 5.02 Å². The highest BCUT2D eigenvalue weighted by atomic mass is 35.5. The summed E-state index contributed by atoms with van der Waals surface area (Å²) >= 11 is 5.56. The number of hydrogen-bond acceptors (Lipinski definition) is 4. The highest BCUT2D eigenvalue weighted by Crippen LogP contribution is 2.24. The van der Waals surface area contributed by atoms with Crippen molar-refractivity contribution in [1.82, 2.24) is 0 Å². The first-order valence-electron chi connectivity index (χ1n) is 5.71. The molecule has 0 atom stereocenters. The summed E-state index contributed by atoms with van der Waals surface area (Å²) in [5.41, 5.74) is 0.229. The summed E-state index contributed by atoms with van der Waals surface area (Å²) < 4.78 is 42.5. The molecule has 0 radical (unpaired) electrons. The van der Waals surface area contributed by atoms with E-state index < -0.39 is 27.4 Å². The number of aryl methyl sites for hydroxylation is 1. The Morgan fingerprint density at radius 2 is 2.05 bits per heavy atom. The number of hydrogen-bond donors (Lipinski definition) is 1. The van der Waals surface area contributed by atoms with Gasteiger partial charge in [-0.2, -0.15) is 0 Å². The van der Waals surface area contributed by atoms with Crippen molar-refractivity contribution in [3.8, 4) is 0 Å².